The minimum absolute atomic E-state index is 0.0280. The normalized spacial score (nSPS) is 12.0. The third-order valence-electron chi connectivity index (χ3n) is 3.07. The summed E-state index contributed by atoms with van der Waals surface area (Å²) in [6, 6.07) is 8.63. The number of rotatable bonds is 5. The molecule has 2 aromatic carbocycles. The molecule has 0 aliphatic carbocycles. The largest absolute Gasteiger partial charge is 0.507 e. The maximum Gasteiger partial charge on any atom is 0.241 e. The molecular formula is C15H14ClN3O4S. The Kier molecular flexibility index (Phi) is 5.13. The SMILES string of the molecule is N=C/C=C(\Nc1ccccc1Cl)c1cc(S(N)(=O)=O)c(O)cc1O. The highest BCUT2D eigenvalue weighted by Gasteiger charge is 2.19. The zero-order valence-electron chi connectivity index (χ0n) is 12.2. The van der Waals surface area contributed by atoms with Crippen LogP contribution in [0.5, 0.6) is 11.5 Å². The number of phenolic OH excluding ortho intramolecular Hbond substituents is 2. The molecule has 0 saturated heterocycles. The van der Waals surface area contributed by atoms with Gasteiger partial charge in [-0.15, -0.1) is 0 Å². The van der Waals surface area contributed by atoms with Crippen molar-refractivity contribution in [2.45, 2.75) is 4.90 Å². The van der Waals surface area contributed by atoms with Crippen LogP contribution < -0.4 is 10.5 Å². The van der Waals surface area contributed by atoms with E-state index in [1.807, 2.05) is 0 Å². The Bertz CT molecular complexity index is 926. The summed E-state index contributed by atoms with van der Waals surface area (Å²) in [4.78, 5) is -0.549. The highest BCUT2D eigenvalue weighted by molar-refractivity contribution is 7.89. The van der Waals surface area contributed by atoms with Gasteiger partial charge in [0.1, 0.15) is 16.4 Å². The highest BCUT2D eigenvalue weighted by Crippen LogP contribution is 2.35. The van der Waals surface area contributed by atoms with Gasteiger partial charge >= 0.3 is 0 Å². The van der Waals surface area contributed by atoms with Gasteiger partial charge in [0.05, 0.1) is 16.4 Å². The molecular weight excluding hydrogens is 354 g/mol. The summed E-state index contributed by atoms with van der Waals surface area (Å²) in [5, 5.41) is 35.3. The highest BCUT2D eigenvalue weighted by atomic mass is 35.5. The first-order valence-corrected chi connectivity index (χ1v) is 8.48. The smallest absolute Gasteiger partial charge is 0.241 e. The van der Waals surface area contributed by atoms with E-state index in [1.54, 1.807) is 24.3 Å². The van der Waals surface area contributed by atoms with Crippen LogP contribution in [0.2, 0.25) is 5.02 Å². The number of phenols is 2. The van der Waals surface area contributed by atoms with E-state index in [-0.39, 0.29) is 11.3 Å². The van der Waals surface area contributed by atoms with Crippen LogP contribution in [0.4, 0.5) is 5.69 Å². The fourth-order valence-electron chi connectivity index (χ4n) is 1.99. The number of benzene rings is 2. The second-order valence-electron chi connectivity index (χ2n) is 4.73. The third kappa shape index (κ3) is 3.85. The summed E-state index contributed by atoms with van der Waals surface area (Å²) in [5.74, 6) is -1.07. The van der Waals surface area contributed by atoms with Crippen LogP contribution in [0.15, 0.2) is 47.4 Å². The van der Waals surface area contributed by atoms with Gasteiger partial charge in [-0.05, 0) is 24.3 Å². The predicted molar refractivity (Wildman–Crippen MR) is 93.0 cm³/mol. The number of anilines is 1. The summed E-state index contributed by atoms with van der Waals surface area (Å²) < 4.78 is 23.1. The van der Waals surface area contributed by atoms with Crippen LogP contribution in [0.25, 0.3) is 5.70 Å². The van der Waals surface area contributed by atoms with Crippen molar-refractivity contribution in [3.63, 3.8) is 0 Å². The molecule has 0 spiro atoms. The van der Waals surface area contributed by atoms with E-state index < -0.39 is 26.4 Å². The fraction of sp³-hybridized carbons (Fsp3) is 0. The van der Waals surface area contributed by atoms with Crippen molar-refractivity contribution in [2.75, 3.05) is 5.32 Å². The monoisotopic (exact) mass is 367 g/mol. The average molecular weight is 368 g/mol. The van der Waals surface area contributed by atoms with Gasteiger partial charge < -0.3 is 20.9 Å². The van der Waals surface area contributed by atoms with E-state index in [0.717, 1.165) is 18.3 Å². The first kappa shape index (κ1) is 17.8. The molecule has 0 aromatic heterocycles. The summed E-state index contributed by atoms with van der Waals surface area (Å²) in [5.41, 5.74) is 0.706. The summed E-state index contributed by atoms with van der Waals surface area (Å²) >= 11 is 6.06. The molecule has 2 rings (SSSR count). The Morgan fingerprint density at radius 3 is 2.46 bits per heavy atom. The number of allylic oxidation sites excluding steroid dienone is 1. The molecule has 0 aliphatic heterocycles. The summed E-state index contributed by atoms with van der Waals surface area (Å²) in [7, 11) is -4.20. The second-order valence-corrected chi connectivity index (χ2v) is 6.67. The maximum absolute atomic E-state index is 11.5. The number of para-hydroxylation sites is 1. The van der Waals surface area contributed by atoms with Crippen LogP contribution >= 0.6 is 11.6 Å². The van der Waals surface area contributed by atoms with Crippen molar-refractivity contribution in [3.05, 3.63) is 53.1 Å². The standard InChI is InChI=1S/C15H14ClN3O4S/c16-10-3-1-2-4-12(10)19-11(5-6-17)9-7-15(24(18,22)23)14(21)8-13(9)20/h1-8,17,19-21H,(H2,18,22,23)/b11-5-,17-6?. The van der Waals surface area contributed by atoms with Crippen molar-refractivity contribution in [3.8, 4) is 11.5 Å². The number of sulfonamides is 1. The van der Waals surface area contributed by atoms with E-state index in [4.69, 9.17) is 22.1 Å². The Morgan fingerprint density at radius 1 is 1.21 bits per heavy atom. The molecule has 0 saturated carbocycles. The quantitative estimate of drug-likeness (QED) is 0.517. The van der Waals surface area contributed by atoms with Gasteiger partial charge in [0.2, 0.25) is 10.0 Å². The van der Waals surface area contributed by atoms with Gasteiger partial charge in [-0.2, -0.15) is 0 Å². The number of aromatic hydroxyl groups is 2. The van der Waals surface area contributed by atoms with Crippen LogP contribution in [0.1, 0.15) is 5.56 Å². The second kappa shape index (κ2) is 6.91. The third-order valence-corrected chi connectivity index (χ3v) is 4.34. The number of nitrogens with two attached hydrogens (primary N) is 1. The molecule has 0 radical (unpaired) electrons. The Balaban J connectivity index is 2.59. The molecule has 126 valence electrons. The van der Waals surface area contributed by atoms with Crippen LogP contribution in [-0.4, -0.2) is 24.8 Å². The molecule has 24 heavy (non-hydrogen) atoms. The summed E-state index contributed by atoms with van der Waals surface area (Å²) in [6.45, 7) is 0. The maximum atomic E-state index is 11.5. The average Bonchev–Trinajstić information content (AvgIpc) is 2.48. The zero-order valence-corrected chi connectivity index (χ0v) is 13.8. The first-order valence-electron chi connectivity index (χ1n) is 6.55. The molecule has 0 atom stereocenters. The minimum Gasteiger partial charge on any atom is -0.507 e. The first-order chi connectivity index (χ1) is 11.2. The van der Waals surface area contributed by atoms with Gasteiger partial charge in [0.25, 0.3) is 0 Å². The molecule has 2 aromatic rings. The lowest BCUT2D eigenvalue weighted by atomic mass is 10.1. The summed E-state index contributed by atoms with van der Waals surface area (Å²) in [6.07, 6.45) is 2.24. The number of hydrogen-bond acceptors (Lipinski definition) is 6. The van der Waals surface area contributed by atoms with Crippen LogP contribution in [-0.2, 0) is 10.0 Å². The van der Waals surface area contributed by atoms with Crippen molar-refractivity contribution in [2.24, 2.45) is 5.14 Å². The van der Waals surface area contributed by atoms with Crippen LogP contribution in [0, 0.1) is 5.41 Å². The Hall–Kier alpha value is -2.55. The predicted octanol–water partition coefficient (Wildman–Crippen LogP) is 2.50. The van der Waals surface area contributed by atoms with E-state index >= 15 is 0 Å². The van der Waals surface area contributed by atoms with Crippen molar-refractivity contribution < 1.29 is 18.6 Å². The van der Waals surface area contributed by atoms with E-state index in [9.17, 15) is 18.6 Å². The zero-order chi connectivity index (χ0) is 17.9. The van der Waals surface area contributed by atoms with E-state index in [2.05, 4.69) is 5.32 Å². The lowest BCUT2D eigenvalue weighted by Gasteiger charge is -2.15. The van der Waals surface area contributed by atoms with Crippen molar-refractivity contribution in [1.29, 1.82) is 5.41 Å². The lowest BCUT2D eigenvalue weighted by molar-refractivity contribution is 0.438. The van der Waals surface area contributed by atoms with Gasteiger partial charge in [-0.25, -0.2) is 13.6 Å². The lowest BCUT2D eigenvalue weighted by Crippen LogP contribution is -2.13. The molecule has 0 unspecified atom stereocenters. The van der Waals surface area contributed by atoms with E-state index in [1.165, 1.54) is 6.08 Å². The van der Waals surface area contributed by atoms with Crippen LogP contribution in [0.3, 0.4) is 0 Å². The molecule has 9 heteroatoms. The number of primary sulfonamides is 1. The Labute approximate surface area is 143 Å². The Morgan fingerprint density at radius 2 is 1.88 bits per heavy atom. The molecule has 7 nitrogen and oxygen atoms in total. The molecule has 0 heterocycles. The fourth-order valence-corrected chi connectivity index (χ4v) is 2.81. The van der Waals surface area contributed by atoms with E-state index in [0.29, 0.717) is 10.7 Å². The van der Waals surface area contributed by atoms with Gasteiger partial charge in [-0.1, -0.05) is 23.7 Å². The van der Waals surface area contributed by atoms with Gasteiger partial charge in [-0.3, -0.25) is 0 Å². The van der Waals surface area contributed by atoms with Gasteiger partial charge in [0.15, 0.2) is 0 Å². The molecule has 6 N–H and O–H groups in total. The minimum atomic E-state index is -4.20. The molecule has 0 amide bonds. The van der Waals surface area contributed by atoms with Crippen molar-refractivity contribution >= 4 is 39.2 Å². The van der Waals surface area contributed by atoms with Gasteiger partial charge in [0, 0.05) is 17.8 Å². The molecule has 0 aliphatic rings. The number of halogens is 1. The van der Waals surface area contributed by atoms with Crippen molar-refractivity contribution in [1.82, 2.24) is 0 Å². The molecule has 0 bridgehead atoms. The topological polar surface area (TPSA) is 136 Å². The number of nitrogens with one attached hydrogen (secondary N) is 2. The molecule has 0 fully saturated rings. The number of hydrogen-bond donors (Lipinski definition) is 5.